The maximum atomic E-state index is 13.1. The van der Waals surface area contributed by atoms with Crippen LogP contribution in [0.2, 0.25) is 0 Å². The lowest BCUT2D eigenvalue weighted by atomic mass is 9.91. The Morgan fingerprint density at radius 1 is 0.917 bits per heavy atom. The molecule has 186 valence electrons. The number of amides is 4. The van der Waals surface area contributed by atoms with Crippen LogP contribution in [0.5, 0.6) is 0 Å². The van der Waals surface area contributed by atoms with Gasteiger partial charge in [0.25, 0.3) is 11.8 Å². The van der Waals surface area contributed by atoms with Crippen LogP contribution in [-0.4, -0.2) is 77.2 Å². The third-order valence-electron chi connectivity index (χ3n) is 7.96. The van der Waals surface area contributed by atoms with Gasteiger partial charge in [-0.15, -0.1) is 0 Å². The molecule has 9 nitrogen and oxygen atoms in total. The van der Waals surface area contributed by atoms with Gasteiger partial charge < -0.3 is 9.80 Å². The van der Waals surface area contributed by atoms with E-state index in [1.165, 1.54) is 5.69 Å². The quantitative estimate of drug-likeness (QED) is 0.642. The summed E-state index contributed by atoms with van der Waals surface area (Å²) < 4.78 is 0. The largest absolute Gasteiger partial charge is 0.371 e. The highest BCUT2D eigenvalue weighted by Crippen LogP contribution is 2.34. The number of carbonyl (C=O) groups is 4. The summed E-state index contributed by atoms with van der Waals surface area (Å²) in [7, 11) is 0. The Morgan fingerprint density at radius 3 is 2.42 bits per heavy atom. The molecule has 4 aliphatic rings. The van der Waals surface area contributed by atoms with Gasteiger partial charge in [-0.1, -0.05) is 6.07 Å². The van der Waals surface area contributed by atoms with Crippen molar-refractivity contribution < 1.29 is 19.2 Å². The number of pyridine rings is 1. The number of nitrogens with one attached hydrogen (secondary N) is 1. The van der Waals surface area contributed by atoms with Crippen LogP contribution in [0.3, 0.4) is 0 Å². The Morgan fingerprint density at radius 2 is 1.69 bits per heavy atom. The van der Waals surface area contributed by atoms with Gasteiger partial charge in [0.05, 0.1) is 11.1 Å². The number of hydrogen-bond acceptors (Lipinski definition) is 7. The Labute approximate surface area is 209 Å². The zero-order valence-corrected chi connectivity index (χ0v) is 20.1. The minimum absolute atomic E-state index is 0.116. The molecule has 2 aromatic rings. The van der Waals surface area contributed by atoms with Crippen LogP contribution in [0.15, 0.2) is 42.6 Å². The second-order valence-corrected chi connectivity index (χ2v) is 10.3. The maximum Gasteiger partial charge on any atom is 0.262 e. The zero-order chi connectivity index (χ0) is 24.8. The number of hydrogen-bond donors (Lipinski definition) is 1. The fourth-order valence-electron chi connectivity index (χ4n) is 5.95. The molecule has 36 heavy (non-hydrogen) atoms. The van der Waals surface area contributed by atoms with E-state index >= 15 is 0 Å². The number of likely N-dealkylation sites (tertiary alicyclic amines) is 1. The van der Waals surface area contributed by atoms with E-state index in [2.05, 4.69) is 32.2 Å². The predicted octanol–water partition coefficient (Wildman–Crippen LogP) is 1.80. The van der Waals surface area contributed by atoms with Crippen molar-refractivity contribution in [3.63, 3.8) is 0 Å². The summed E-state index contributed by atoms with van der Waals surface area (Å²) in [5, 5.41) is 2.23. The second kappa shape index (κ2) is 9.13. The summed E-state index contributed by atoms with van der Waals surface area (Å²) in [5.41, 5.74) is 2.78. The van der Waals surface area contributed by atoms with Crippen molar-refractivity contribution in [1.29, 1.82) is 0 Å². The van der Waals surface area contributed by atoms with Gasteiger partial charge in [-0.2, -0.15) is 0 Å². The predicted molar refractivity (Wildman–Crippen MR) is 131 cm³/mol. The van der Waals surface area contributed by atoms with Crippen molar-refractivity contribution in [2.45, 2.75) is 37.6 Å². The molecule has 3 fully saturated rings. The number of rotatable bonds is 5. The molecule has 0 radical (unpaired) electrons. The summed E-state index contributed by atoms with van der Waals surface area (Å²) in [5.74, 6) is -0.768. The number of benzene rings is 1. The van der Waals surface area contributed by atoms with Crippen LogP contribution in [0.1, 0.15) is 58.0 Å². The van der Waals surface area contributed by atoms with Crippen LogP contribution in [0.25, 0.3) is 0 Å². The number of aromatic nitrogens is 1. The van der Waals surface area contributed by atoms with E-state index in [4.69, 9.17) is 0 Å². The molecular weight excluding hydrogens is 458 g/mol. The first kappa shape index (κ1) is 22.8. The molecule has 1 unspecified atom stereocenters. The molecule has 0 bridgehead atoms. The third kappa shape index (κ3) is 4.07. The Kier molecular flexibility index (Phi) is 5.79. The normalized spacial score (nSPS) is 23.6. The van der Waals surface area contributed by atoms with Crippen molar-refractivity contribution in [2.75, 3.05) is 37.6 Å². The summed E-state index contributed by atoms with van der Waals surface area (Å²) in [6.07, 6.45) is 4.43. The van der Waals surface area contributed by atoms with E-state index in [-0.39, 0.29) is 18.7 Å². The molecule has 6 rings (SSSR count). The number of imide groups is 2. The number of piperidine rings is 2. The Bertz CT molecular complexity index is 1220. The third-order valence-corrected chi connectivity index (χ3v) is 7.96. The van der Waals surface area contributed by atoms with Gasteiger partial charge in [-0.3, -0.25) is 34.4 Å². The molecule has 1 aromatic carbocycles. The fourth-order valence-corrected chi connectivity index (χ4v) is 5.95. The molecule has 1 atom stereocenters. The van der Waals surface area contributed by atoms with Crippen LogP contribution < -0.4 is 10.2 Å². The highest BCUT2D eigenvalue weighted by atomic mass is 16.2. The zero-order valence-electron chi connectivity index (χ0n) is 20.1. The maximum absolute atomic E-state index is 13.1. The molecule has 1 aromatic heterocycles. The van der Waals surface area contributed by atoms with Crippen molar-refractivity contribution in [2.24, 2.45) is 5.92 Å². The van der Waals surface area contributed by atoms with E-state index in [1.807, 2.05) is 18.3 Å². The molecular formula is C27H29N5O4. The average molecular weight is 488 g/mol. The van der Waals surface area contributed by atoms with E-state index in [0.717, 1.165) is 56.2 Å². The van der Waals surface area contributed by atoms with Crippen molar-refractivity contribution in [1.82, 2.24) is 20.1 Å². The average Bonchev–Trinajstić information content (AvgIpc) is 3.11. The van der Waals surface area contributed by atoms with Crippen LogP contribution in [0.4, 0.5) is 5.69 Å². The number of nitrogens with zero attached hydrogens (tertiary/aromatic N) is 4. The molecule has 0 spiro atoms. The molecule has 5 heterocycles. The first-order valence-corrected chi connectivity index (χ1v) is 12.7. The second-order valence-electron chi connectivity index (χ2n) is 10.3. The number of fused-ring (bicyclic) bond motifs is 1. The molecule has 4 aliphatic heterocycles. The monoisotopic (exact) mass is 487 g/mol. The number of anilines is 1. The molecule has 3 saturated heterocycles. The lowest BCUT2D eigenvalue weighted by molar-refractivity contribution is -0.136. The Hall–Kier alpha value is -3.59. The minimum Gasteiger partial charge on any atom is -0.371 e. The van der Waals surface area contributed by atoms with Gasteiger partial charge in [0.2, 0.25) is 11.8 Å². The summed E-state index contributed by atoms with van der Waals surface area (Å²) in [6.45, 7) is 5.07. The molecule has 0 saturated carbocycles. The fraction of sp³-hybridized carbons (Fsp3) is 0.444. The highest BCUT2D eigenvalue weighted by molar-refractivity contribution is 6.23. The number of carbonyl (C=O) groups excluding carboxylic acids is 4. The van der Waals surface area contributed by atoms with Gasteiger partial charge >= 0.3 is 0 Å². The molecule has 9 heteroatoms. The Balaban J connectivity index is 1.04. The van der Waals surface area contributed by atoms with Crippen LogP contribution in [-0.2, 0) is 9.59 Å². The summed E-state index contributed by atoms with van der Waals surface area (Å²) in [4.78, 5) is 60.0. The minimum atomic E-state index is -0.936. The van der Waals surface area contributed by atoms with E-state index in [0.29, 0.717) is 23.0 Å². The first-order valence-electron chi connectivity index (χ1n) is 12.7. The van der Waals surface area contributed by atoms with Gasteiger partial charge in [0, 0.05) is 55.5 Å². The molecule has 4 amide bonds. The van der Waals surface area contributed by atoms with Gasteiger partial charge in [0.15, 0.2) is 0 Å². The molecule has 0 aliphatic carbocycles. The topological polar surface area (TPSA) is 103 Å². The lowest BCUT2D eigenvalue weighted by Crippen LogP contribution is -2.54. The smallest absolute Gasteiger partial charge is 0.262 e. The van der Waals surface area contributed by atoms with Gasteiger partial charge in [0.1, 0.15) is 6.04 Å². The first-order chi connectivity index (χ1) is 17.5. The van der Waals surface area contributed by atoms with E-state index in [1.54, 1.807) is 12.1 Å². The SMILES string of the molecule is O=C1CCC(N2C(=O)c3ccc(N4CC(CN5CCC(c6ccccn6)CC5)C4)cc3C2=O)C(=O)N1. The van der Waals surface area contributed by atoms with Crippen molar-refractivity contribution in [3.05, 3.63) is 59.4 Å². The molecule has 1 N–H and O–H groups in total. The van der Waals surface area contributed by atoms with Crippen molar-refractivity contribution in [3.8, 4) is 0 Å². The standard InChI is InChI=1S/C27H29N5O4/c33-24-7-6-23(25(34)29-24)32-26(35)20-5-4-19(13-21(20)27(32)36)31-15-17(16-31)14-30-11-8-18(9-12-30)22-3-1-2-10-28-22/h1-5,10,13,17-18,23H,6-9,11-12,14-16H2,(H,29,33,34). The summed E-state index contributed by atoms with van der Waals surface area (Å²) >= 11 is 0. The lowest BCUT2D eigenvalue weighted by Gasteiger charge is -2.44. The summed E-state index contributed by atoms with van der Waals surface area (Å²) in [6, 6.07) is 10.6. The van der Waals surface area contributed by atoms with Gasteiger partial charge in [-0.25, -0.2) is 0 Å². The van der Waals surface area contributed by atoms with E-state index in [9.17, 15) is 19.2 Å². The van der Waals surface area contributed by atoms with Crippen LogP contribution >= 0.6 is 0 Å². The van der Waals surface area contributed by atoms with E-state index < -0.39 is 23.8 Å². The van der Waals surface area contributed by atoms with Crippen LogP contribution in [0, 0.1) is 5.92 Å². The van der Waals surface area contributed by atoms with Crippen molar-refractivity contribution >= 4 is 29.3 Å². The van der Waals surface area contributed by atoms with Gasteiger partial charge in [-0.05, 0) is 62.7 Å². The highest BCUT2D eigenvalue weighted by Gasteiger charge is 2.45.